The number of likely N-dealkylation sites (N-methyl/N-ethyl adjacent to an activating group) is 1. The van der Waals surface area contributed by atoms with Crippen LogP contribution in [0.4, 0.5) is 0 Å². The molecule has 0 aromatic heterocycles. The van der Waals surface area contributed by atoms with Gasteiger partial charge >= 0.3 is 0 Å². The number of nitriles is 1. The number of piperidine rings is 1. The van der Waals surface area contributed by atoms with Crippen LogP contribution in [0.3, 0.4) is 0 Å². The smallest absolute Gasteiger partial charge is 0.254 e. The molecule has 2 atom stereocenters. The number of carbonyl (C=O) groups excluding carboxylic acids is 1. The van der Waals surface area contributed by atoms with E-state index in [1.54, 1.807) is 17.2 Å². The summed E-state index contributed by atoms with van der Waals surface area (Å²) in [4.78, 5) is 18.9. The van der Waals surface area contributed by atoms with Gasteiger partial charge in [-0.1, -0.05) is 65.7 Å². The highest BCUT2D eigenvalue weighted by Gasteiger charge is 2.25. The second-order valence-corrected chi connectivity index (χ2v) is 13.5. The lowest BCUT2D eigenvalue weighted by Gasteiger charge is -2.34. The van der Waals surface area contributed by atoms with E-state index in [4.69, 9.17) is 23.2 Å². The van der Waals surface area contributed by atoms with Crippen LogP contribution in [0.1, 0.15) is 58.1 Å². The van der Waals surface area contributed by atoms with E-state index in [-0.39, 0.29) is 11.8 Å². The molecule has 1 saturated heterocycles. The molecule has 1 heterocycles. The topological polar surface area (TPSA) is 64.4 Å². The summed E-state index contributed by atoms with van der Waals surface area (Å²) < 4.78 is 11.8. The zero-order valence-electron chi connectivity index (χ0n) is 24.4. The second kappa shape index (κ2) is 14.1. The highest BCUT2D eigenvalue weighted by molar-refractivity contribution is 7.84. The van der Waals surface area contributed by atoms with Crippen molar-refractivity contribution < 1.29 is 9.00 Å². The molecule has 222 valence electrons. The van der Waals surface area contributed by atoms with Crippen molar-refractivity contribution in [3.63, 3.8) is 0 Å². The Morgan fingerprint density at radius 1 is 1.02 bits per heavy atom. The van der Waals surface area contributed by atoms with E-state index in [0.717, 1.165) is 60.1 Å². The Morgan fingerprint density at radius 3 is 2.42 bits per heavy atom. The van der Waals surface area contributed by atoms with Crippen LogP contribution >= 0.6 is 23.2 Å². The largest absolute Gasteiger partial charge is 0.341 e. The summed E-state index contributed by atoms with van der Waals surface area (Å²) in [5.74, 6) is 0.440. The molecule has 8 heteroatoms. The Hall–Kier alpha value is -3.21. The average molecular weight is 633 g/mol. The van der Waals surface area contributed by atoms with Gasteiger partial charge in [0.2, 0.25) is 0 Å². The van der Waals surface area contributed by atoms with Crippen molar-refractivity contribution in [1.82, 2.24) is 9.80 Å². The normalized spacial score (nSPS) is 15.6. The van der Waals surface area contributed by atoms with Crippen molar-refractivity contribution in [2.45, 2.75) is 36.0 Å². The first-order valence-corrected chi connectivity index (χ1v) is 16.8. The fourth-order valence-electron chi connectivity index (χ4n) is 6.06. The van der Waals surface area contributed by atoms with Gasteiger partial charge in [-0.25, -0.2) is 0 Å². The number of hydrogen-bond donors (Lipinski definition) is 0. The quantitative estimate of drug-likeness (QED) is 0.188. The molecule has 0 aliphatic carbocycles. The average Bonchev–Trinajstić information content (AvgIpc) is 3.03. The minimum absolute atomic E-state index is 0.0503. The summed E-state index contributed by atoms with van der Waals surface area (Å²) in [7, 11) is 0.863. The highest BCUT2D eigenvalue weighted by atomic mass is 35.5. The van der Waals surface area contributed by atoms with Gasteiger partial charge < -0.3 is 9.80 Å². The van der Waals surface area contributed by atoms with Crippen LogP contribution in [0.25, 0.3) is 10.8 Å². The molecular weight excluding hydrogens is 597 g/mol. The molecule has 1 unspecified atom stereocenters. The third-order valence-electron chi connectivity index (χ3n) is 8.54. The lowest BCUT2D eigenvalue weighted by atomic mass is 9.89. The third-order valence-corrected chi connectivity index (χ3v) is 10.2. The van der Waals surface area contributed by atoms with Crippen LogP contribution in [-0.4, -0.2) is 59.4 Å². The number of halogens is 2. The maximum atomic E-state index is 13.8. The van der Waals surface area contributed by atoms with Crippen molar-refractivity contribution in [2.24, 2.45) is 0 Å². The monoisotopic (exact) mass is 631 g/mol. The number of hydrogen-bond acceptors (Lipinski definition) is 4. The van der Waals surface area contributed by atoms with Crippen LogP contribution in [0.5, 0.6) is 0 Å². The molecule has 5 nitrogen and oxygen atoms in total. The molecule has 4 aromatic carbocycles. The van der Waals surface area contributed by atoms with Gasteiger partial charge in [-0.15, -0.1) is 0 Å². The zero-order chi connectivity index (χ0) is 30.5. The van der Waals surface area contributed by atoms with Crippen LogP contribution in [0, 0.1) is 11.3 Å². The predicted octanol–water partition coefficient (Wildman–Crippen LogP) is 7.88. The van der Waals surface area contributed by atoms with Gasteiger partial charge in [0.25, 0.3) is 5.91 Å². The number of carbonyl (C=O) groups is 1. The van der Waals surface area contributed by atoms with Gasteiger partial charge in [-0.05, 0) is 103 Å². The molecule has 0 spiro atoms. The van der Waals surface area contributed by atoms with Gasteiger partial charge in [0.05, 0.1) is 21.7 Å². The Morgan fingerprint density at radius 2 is 1.74 bits per heavy atom. The fourth-order valence-corrected chi connectivity index (χ4v) is 6.89. The van der Waals surface area contributed by atoms with Gasteiger partial charge in [0, 0.05) is 47.0 Å². The van der Waals surface area contributed by atoms with Crippen LogP contribution < -0.4 is 0 Å². The van der Waals surface area contributed by atoms with E-state index in [1.807, 2.05) is 67.7 Å². The molecule has 43 heavy (non-hydrogen) atoms. The Balaban J connectivity index is 1.28. The molecule has 1 aliphatic rings. The highest BCUT2D eigenvalue weighted by Crippen LogP contribution is 2.32. The summed E-state index contributed by atoms with van der Waals surface area (Å²) in [5.41, 5.74) is 3.37. The maximum absolute atomic E-state index is 13.8. The number of likely N-dealkylation sites (tertiary alicyclic amines) is 1. The van der Waals surface area contributed by atoms with Crippen molar-refractivity contribution in [2.75, 3.05) is 39.5 Å². The summed E-state index contributed by atoms with van der Waals surface area (Å²) in [6.07, 6.45) is 4.72. The molecule has 0 bridgehead atoms. The number of amides is 1. The summed E-state index contributed by atoms with van der Waals surface area (Å²) >= 11 is 12.7. The molecule has 1 fully saturated rings. The molecule has 0 saturated carbocycles. The standard InChI is InChI=1S/C35H35Cl2N3O2S/c1-39(35(41)32-20-24(22-38)19-28-5-3-4-6-31(28)32)23-29(27-9-12-33(36)34(37)21-27)15-18-40-16-13-26(14-17-40)25-7-10-30(11-8-25)43(2)42/h3-12,19-21,26,29H,13-18,23H2,1-2H3/t29-,43?/m1/s1. The van der Waals surface area contributed by atoms with Crippen LogP contribution in [0.15, 0.2) is 83.8 Å². The summed E-state index contributed by atoms with van der Waals surface area (Å²) in [6, 6.07) is 27.3. The van der Waals surface area contributed by atoms with E-state index in [0.29, 0.717) is 33.6 Å². The van der Waals surface area contributed by atoms with E-state index >= 15 is 0 Å². The lowest BCUT2D eigenvalue weighted by Crippen LogP contribution is -2.36. The van der Waals surface area contributed by atoms with Gasteiger partial charge in [-0.3, -0.25) is 9.00 Å². The SMILES string of the molecule is CN(C[C@@H](CCN1CCC(c2ccc(S(C)=O)cc2)CC1)c1ccc(Cl)c(Cl)c1)C(=O)c1cc(C#N)cc2ccccc12. The van der Waals surface area contributed by atoms with E-state index < -0.39 is 10.8 Å². The van der Waals surface area contributed by atoms with Crippen molar-refractivity contribution in [3.05, 3.63) is 111 Å². The molecule has 1 aliphatic heterocycles. The zero-order valence-corrected chi connectivity index (χ0v) is 26.8. The van der Waals surface area contributed by atoms with E-state index in [9.17, 15) is 14.3 Å². The minimum Gasteiger partial charge on any atom is -0.341 e. The maximum Gasteiger partial charge on any atom is 0.254 e. The number of fused-ring (bicyclic) bond motifs is 1. The predicted molar refractivity (Wildman–Crippen MR) is 177 cm³/mol. The molecule has 1 amide bonds. The minimum atomic E-state index is -0.962. The molecule has 0 N–H and O–H groups in total. The van der Waals surface area contributed by atoms with Crippen molar-refractivity contribution >= 4 is 50.7 Å². The first-order valence-electron chi connectivity index (χ1n) is 14.5. The van der Waals surface area contributed by atoms with Gasteiger partial charge in [-0.2, -0.15) is 5.26 Å². The molecular formula is C35H35Cl2N3O2S. The summed E-state index contributed by atoms with van der Waals surface area (Å²) in [5, 5.41) is 12.3. The first kappa shape index (κ1) is 31.2. The Kier molecular flexibility index (Phi) is 10.2. The number of benzene rings is 4. The molecule has 5 rings (SSSR count). The van der Waals surface area contributed by atoms with Crippen molar-refractivity contribution in [1.29, 1.82) is 5.26 Å². The third kappa shape index (κ3) is 7.48. The van der Waals surface area contributed by atoms with Gasteiger partial charge in [0.1, 0.15) is 0 Å². The second-order valence-electron chi connectivity index (χ2n) is 11.3. The Bertz CT molecular complexity index is 1680. The molecule has 4 aromatic rings. The number of rotatable bonds is 9. The molecule has 0 radical (unpaired) electrons. The first-order chi connectivity index (χ1) is 20.7. The Labute approximate surface area is 266 Å². The van der Waals surface area contributed by atoms with Crippen LogP contribution in [-0.2, 0) is 10.8 Å². The van der Waals surface area contributed by atoms with E-state index in [2.05, 4.69) is 23.1 Å². The van der Waals surface area contributed by atoms with Crippen molar-refractivity contribution in [3.8, 4) is 6.07 Å². The van der Waals surface area contributed by atoms with Crippen LogP contribution in [0.2, 0.25) is 10.0 Å². The number of nitrogens with zero attached hydrogens (tertiary/aromatic N) is 3. The van der Waals surface area contributed by atoms with Gasteiger partial charge in [0.15, 0.2) is 0 Å². The van der Waals surface area contributed by atoms with E-state index in [1.165, 1.54) is 5.56 Å². The summed E-state index contributed by atoms with van der Waals surface area (Å²) in [6.45, 7) is 3.41. The fraction of sp³-hybridized carbons (Fsp3) is 0.314. The lowest BCUT2D eigenvalue weighted by molar-refractivity contribution is 0.0783.